The Labute approximate surface area is 126 Å². The van der Waals surface area contributed by atoms with Crippen molar-refractivity contribution in [2.45, 2.75) is 33.1 Å². The van der Waals surface area contributed by atoms with E-state index in [9.17, 15) is 4.79 Å². The van der Waals surface area contributed by atoms with Crippen LogP contribution in [-0.2, 0) is 12.8 Å². The number of benzene rings is 2. The number of hydrogen-bond donors (Lipinski definition) is 2. The van der Waals surface area contributed by atoms with Gasteiger partial charge in [-0.15, -0.1) is 0 Å². The molecule has 110 valence electrons. The van der Waals surface area contributed by atoms with E-state index >= 15 is 0 Å². The molecule has 2 rings (SSSR count). The molecule has 3 nitrogen and oxygen atoms in total. The zero-order valence-corrected chi connectivity index (χ0v) is 12.6. The average molecular weight is 282 g/mol. The molecule has 0 saturated heterocycles. The highest BCUT2D eigenvalue weighted by Crippen LogP contribution is 2.14. The number of carbonyl (C=O) groups is 1. The van der Waals surface area contributed by atoms with Gasteiger partial charge in [0.15, 0.2) is 0 Å². The molecule has 2 aromatic rings. The highest BCUT2D eigenvalue weighted by Gasteiger charge is 2.06. The first kappa shape index (κ1) is 15.1. The zero-order chi connectivity index (χ0) is 15.1. The van der Waals surface area contributed by atoms with Gasteiger partial charge in [0.2, 0.25) is 0 Å². The van der Waals surface area contributed by atoms with Crippen molar-refractivity contribution in [1.29, 1.82) is 0 Å². The molecular formula is C18H22N2O. The summed E-state index contributed by atoms with van der Waals surface area (Å²) in [4.78, 5) is 12.1. The Balaban J connectivity index is 1.98. The Morgan fingerprint density at radius 2 is 1.71 bits per heavy atom. The lowest BCUT2D eigenvalue weighted by Crippen LogP contribution is -2.29. The van der Waals surface area contributed by atoms with Gasteiger partial charge in [-0.3, -0.25) is 15.6 Å². The second-order valence-electron chi connectivity index (χ2n) is 5.04. The number of aryl methyl sites for hydroxylation is 2. The molecule has 0 aliphatic rings. The van der Waals surface area contributed by atoms with Crippen LogP contribution in [0.25, 0.3) is 0 Å². The lowest BCUT2D eigenvalue weighted by atomic mass is 10.1. The van der Waals surface area contributed by atoms with Crippen LogP contribution in [0.3, 0.4) is 0 Å². The molecule has 0 aromatic heterocycles. The highest BCUT2D eigenvalue weighted by atomic mass is 16.2. The van der Waals surface area contributed by atoms with Crippen LogP contribution in [0.15, 0.2) is 48.5 Å². The van der Waals surface area contributed by atoms with E-state index in [4.69, 9.17) is 0 Å². The van der Waals surface area contributed by atoms with E-state index in [1.54, 1.807) is 0 Å². The summed E-state index contributed by atoms with van der Waals surface area (Å²) in [7, 11) is 0. The molecule has 2 aromatic carbocycles. The standard InChI is InChI=1S/C18H22N2O/c1-3-7-14-10-12-16(13-11-14)18(21)20-19-17-9-6-5-8-15(17)4-2/h5-6,8-13,19H,3-4,7H2,1-2H3,(H,20,21). The van der Waals surface area contributed by atoms with Gasteiger partial charge < -0.3 is 0 Å². The van der Waals surface area contributed by atoms with Crippen molar-refractivity contribution in [3.8, 4) is 0 Å². The van der Waals surface area contributed by atoms with Crippen LogP contribution in [-0.4, -0.2) is 5.91 Å². The fraction of sp³-hybridized carbons (Fsp3) is 0.278. The monoisotopic (exact) mass is 282 g/mol. The lowest BCUT2D eigenvalue weighted by molar-refractivity contribution is 0.0962. The molecule has 0 heterocycles. The Hall–Kier alpha value is -2.29. The van der Waals surface area contributed by atoms with Gasteiger partial charge in [0.1, 0.15) is 0 Å². The summed E-state index contributed by atoms with van der Waals surface area (Å²) in [5, 5.41) is 0. The molecule has 0 saturated carbocycles. The molecule has 0 fully saturated rings. The summed E-state index contributed by atoms with van der Waals surface area (Å²) >= 11 is 0. The SMILES string of the molecule is CCCc1ccc(C(=O)NNc2ccccc2CC)cc1. The normalized spacial score (nSPS) is 10.2. The first-order chi connectivity index (χ1) is 10.2. The Bertz CT molecular complexity index is 590. The van der Waals surface area contributed by atoms with Gasteiger partial charge in [-0.25, -0.2) is 0 Å². The molecule has 0 aliphatic carbocycles. The number of para-hydroxylation sites is 1. The summed E-state index contributed by atoms with van der Waals surface area (Å²) in [6.45, 7) is 4.24. The molecule has 2 N–H and O–H groups in total. The Kier molecular flexibility index (Phi) is 5.38. The number of amides is 1. The Morgan fingerprint density at radius 1 is 1.00 bits per heavy atom. The third kappa shape index (κ3) is 4.09. The van der Waals surface area contributed by atoms with Crippen molar-refractivity contribution in [3.63, 3.8) is 0 Å². The predicted octanol–water partition coefficient (Wildman–Crippen LogP) is 3.96. The van der Waals surface area contributed by atoms with Gasteiger partial charge in [-0.2, -0.15) is 0 Å². The van der Waals surface area contributed by atoms with Gasteiger partial charge in [-0.05, 0) is 42.2 Å². The van der Waals surface area contributed by atoms with Crippen LogP contribution in [0.5, 0.6) is 0 Å². The van der Waals surface area contributed by atoms with Crippen LogP contribution in [0.4, 0.5) is 5.69 Å². The first-order valence-corrected chi connectivity index (χ1v) is 7.47. The fourth-order valence-electron chi connectivity index (χ4n) is 2.26. The van der Waals surface area contributed by atoms with Crippen molar-refractivity contribution >= 4 is 11.6 Å². The second kappa shape index (κ2) is 7.48. The van der Waals surface area contributed by atoms with Crippen LogP contribution in [0.1, 0.15) is 41.8 Å². The summed E-state index contributed by atoms with van der Waals surface area (Å²) < 4.78 is 0. The summed E-state index contributed by atoms with van der Waals surface area (Å²) in [5.74, 6) is -0.121. The molecule has 0 atom stereocenters. The molecule has 0 aliphatic heterocycles. The van der Waals surface area contributed by atoms with E-state index < -0.39 is 0 Å². The van der Waals surface area contributed by atoms with E-state index in [1.807, 2.05) is 48.5 Å². The third-order valence-electron chi connectivity index (χ3n) is 3.46. The number of carbonyl (C=O) groups excluding carboxylic acids is 1. The molecule has 21 heavy (non-hydrogen) atoms. The molecular weight excluding hydrogens is 260 g/mol. The van der Waals surface area contributed by atoms with Crippen LogP contribution in [0, 0.1) is 0 Å². The van der Waals surface area contributed by atoms with Gasteiger partial charge in [-0.1, -0.05) is 50.6 Å². The maximum atomic E-state index is 12.1. The maximum Gasteiger partial charge on any atom is 0.269 e. The number of hydrazine groups is 1. The van der Waals surface area contributed by atoms with Crippen molar-refractivity contribution < 1.29 is 4.79 Å². The van der Waals surface area contributed by atoms with Crippen LogP contribution < -0.4 is 10.9 Å². The largest absolute Gasteiger partial charge is 0.298 e. The maximum absolute atomic E-state index is 12.1. The van der Waals surface area contributed by atoms with Crippen molar-refractivity contribution in [1.82, 2.24) is 5.43 Å². The van der Waals surface area contributed by atoms with Crippen LogP contribution in [0.2, 0.25) is 0 Å². The fourth-order valence-corrected chi connectivity index (χ4v) is 2.26. The van der Waals surface area contributed by atoms with E-state index in [2.05, 4.69) is 24.7 Å². The van der Waals surface area contributed by atoms with Gasteiger partial charge in [0, 0.05) is 5.56 Å². The molecule has 0 spiro atoms. The number of hydrogen-bond acceptors (Lipinski definition) is 2. The topological polar surface area (TPSA) is 41.1 Å². The summed E-state index contributed by atoms with van der Waals surface area (Å²) in [6.07, 6.45) is 3.08. The molecule has 3 heteroatoms. The van der Waals surface area contributed by atoms with E-state index in [-0.39, 0.29) is 5.91 Å². The van der Waals surface area contributed by atoms with Gasteiger partial charge in [0.25, 0.3) is 5.91 Å². The first-order valence-electron chi connectivity index (χ1n) is 7.47. The van der Waals surface area contributed by atoms with Crippen LogP contribution >= 0.6 is 0 Å². The minimum atomic E-state index is -0.121. The van der Waals surface area contributed by atoms with Crippen molar-refractivity contribution in [3.05, 3.63) is 65.2 Å². The predicted molar refractivity (Wildman–Crippen MR) is 87.3 cm³/mol. The van der Waals surface area contributed by atoms with Gasteiger partial charge >= 0.3 is 0 Å². The lowest BCUT2D eigenvalue weighted by Gasteiger charge is -2.12. The molecule has 1 amide bonds. The second-order valence-corrected chi connectivity index (χ2v) is 5.04. The average Bonchev–Trinajstić information content (AvgIpc) is 2.54. The minimum absolute atomic E-state index is 0.121. The third-order valence-corrected chi connectivity index (χ3v) is 3.46. The minimum Gasteiger partial charge on any atom is -0.298 e. The smallest absolute Gasteiger partial charge is 0.269 e. The van der Waals surface area contributed by atoms with E-state index in [1.165, 1.54) is 11.1 Å². The molecule has 0 bridgehead atoms. The highest BCUT2D eigenvalue weighted by molar-refractivity contribution is 5.94. The van der Waals surface area contributed by atoms with E-state index in [0.717, 1.165) is 24.9 Å². The van der Waals surface area contributed by atoms with Gasteiger partial charge in [0.05, 0.1) is 5.69 Å². The molecule has 0 radical (unpaired) electrons. The number of anilines is 1. The Morgan fingerprint density at radius 3 is 2.38 bits per heavy atom. The van der Waals surface area contributed by atoms with E-state index in [0.29, 0.717) is 5.56 Å². The zero-order valence-electron chi connectivity index (χ0n) is 12.6. The number of nitrogens with one attached hydrogen (secondary N) is 2. The summed E-state index contributed by atoms with van der Waals surface area (Å²) in [5.41, 5.74) is 9.80. The van der Waals surface area contributed by atoms with Crippen molar-refractivity contribution in [2.75, 3.05) is 5.43 Å². The summed E-state index contributed by atoms with van der Waals surface area (Å²) in [6, 6.07) is 15.7. The number of rotatable bonds is 6. The quantitative estimate of drug-likeness (QED) is 0.787. The van der Waals surface area contributed by atoms with Crippen molar-refractivity contribution in [2.24, 2.45) is 0 Å². The molecule has 0 unspecified atom stereocenters.